The van der Waals surface area contributed by atoms with E-state index in [0.717, 1.165) is 60.3 Å². The SMILES string of the molecule is O=C(CCCc1cc(-c2ccccc2)no1)N1CCN(c2ccccc2Cl)CC1. The summed E-state index contributed by atoms with van der Waals surface area (Å²) >= 11 is 6.29. The van der Waals surface area contributed by atoms with Gasteiger partial charge in [0.2, 0.25) is 5.91 Å². The molecule has 2 heterocycles. The number of hydrogen-bond acceptors (Lipinski definition) is 4. The predicted octanol–water partition coefficient (Wildman–Crippen LogP) is 4.67. The third-order valence-electron chi connectivity index (χ3n) is 5.27. The fourth-order valence-corrected chi connectivity index (χ4v) is 3.91. The number of hydrogen-bond donors (Lipinski definition) is 0. The second-order valence-electron chi connectivity index (χ2n) is 7.22. The van der Waals surface area contributed by atoms with Gasteiger partial charge in [0, 0.05) is 50.7 Å². The Balaban J connectivity index is 1.23. The first-order valence-corrected chi connectivity index (χ1v) is 10.4. The van der Waals surface area contributed by atoms with Crippen LogP contribution in [0.5, 0.6) is 0 Å². The molecule has 1 aliphatic heterocycles. The number of carbonyl (C=O) groups is 1. The Morgan fingerprint density at radius 1 is 1.00 bits per heavy atom. The highest BCUT2D eigenvalue weighted by Gasteiger charge is 2.22. The van der Waals surface area contributed by atoms with Crippen molar-refractivity contribution in [3.8, 4) is 11.3 Å². The molecule has 0 spiro atoms. The van der Waals surface area contributed by atoms with Gasteiger partial charge in [0.05, 0.1) is 10.7 Å². The number of piperazine rings is 1. The molecule has 2 aromatic carbocycles. The molecular formula is C23H24ClN3O2. The van der Waals surface area contributed by atoms with Crippen molar-refractivity contribution >= 4 is 23.2 Å². The lowest BCUT2D eigenvalue weighted by Crippen LogP contribution is -2.48. The van der Waals surface area contributed by atoms with Crippen LogP contribution < -0.4 is 4.90 Å². The van der Waals surface area contributed by atoms with Crippen LogP contribution in [0.15, 0.2) is 65.2 Å². The van der Waals surface area contributed by atoms with Gasteiger partial charge in [-0.1, -0.05) is 59.2 Å². The van der Waals surface area contributed by atoms with Gasteiger partial charge >= 0.3 is 0 Å². The third-order valence-corrected chi connectivity index (χ3v) is 5.59. The van der Waals surface area contributed by atoms with Crippen LogP contribution in [0.2, 0.25) is 5.02 Å². The van der Waals surface area contributed by atoms with Crippen molar-refractivity contribution in [2.75, 3.05) is 31.1 Å². The number of aromatic nitrogens is 1. The molecule has 6 heteroatoms. The van der Waals surface area contributed by atoms with Gasteiger partial charge in [-0.2, -0.15) is 0 Å². The molecule has 0 radical (unpaired) electrons. The number of nitrogens with zero attached hydrogens (tertiary/aromatic N) is 3. The van der Waals surface area contributed by atoms with Gasteiger partial charge in [0.1, 0.15) is 11.5 Å². The molecule has 0 N–H and O–H groups in total. The van der Waals surface area contributed by atoms with Crippen molar-refractivity contribution in [2.24, 2.45) is 0 Å². The number of amides is 1. The first-order chi connectivity index (χ1) is 14.2. The van der Waals surface area contributed by atoms with Crippen LogP contribution in [0, 0.1) is 0 Å². The fraction of sp³-hybridized carbons (Fsp3) is 0.304. The van der Waals surface area contributed by atoms with E-state index in [2.05, 4.69) is 10.1 Å². The molecule has 0 unspecified atom stereocenters. The first kappa shape index (κ1) is 19.5. The molecule has 1 saturated heterocycles. The van der Waals surface area contributed by atoms with E-state index in [1.165, 1.54) is 0 Å². The van der Waals surface area contributed by atoms with Crippen molar-refractivity contribution in [1.29, 1.82) is 0 Å². The minimum Gasteiger partial charge on any atom is -0.367 e. The number of aryl methyl sites for hydroxylation is 1. The maximum atomic E-state index is 12.6. The molecule has 0 aliphatic carbocycles. The van der Waals surface area contributed by atoms with E-state index in [-0.39, 0.29) is 5.91 Å². The Bertz CT molecular complexity index is 950. The van der Waals surface area contributed by atoms with Crippen LogP contribution in [-0.2, 0) is 11.2 Å². The summed E-state index contributed by atoms with van der Waals surface area (Å²) in [5.74, 6) is 1.02. The van der Waals surface area contributed by atoms with Crippen LogP contribution >= 0.6 is 11.6 Å². The van der Waals surface area contributed by atoms with E-state index >= 15 is 0 Å². The molecule has 1 fully saturated rings. The molecule has 0 bridgehead atoms. The van der Waals surface area contributed by atoms with Crippen LogP contribution in [0.25, 0.3) is 11.3 Å². The number of benzene rings is 2. The van der Waals surface area contributed by atoms with Crippen molar-refractivity contribution in [3.63, 3.8) is 0 Å². The topological polar surface area (TPSA) is 49.6 Å². The number of anilines is 1. The Hall–Kier alpha value is -2.79. The maximum absolute atomic E-state index is 12.6. The molecule has 0 saturated carbocycles. The quantitative estimate of drug-likeness (QED) is 0.593. The number of rotatable bonds is 6. The van der Waals surface area contributed by atoms with E-state index < -0.39 is 0 Å². The average Bonchev–Trinajstić information content (AvgIpc) is 3.24. The zero-order valence-electron chi connectivity index (χ0n) is 16.3. The van der Waals surface area contributed by atoms with Gasteiger partial charge in [-0.25, -0.2) is 0 Å². The minimum atomic E-state index is 0.201. The summed E-state index contributed by atoms with van der Waals surface area (Å²) in [7, 11) is 0. The molecule has 29 heavy (non-hydrogen) atoms. The highest BCUT2D eigenvalue weighted by molar-refractivity contribution is 6.33. The van der Waals surface area contributed by atoms with Gasteiger partial charge in [0.25, 0.3) is 0 Å². The largest absolute Gasteiger partial charge is 0.367 e. The molecule has 5 nitrogen and oxygen atoms in total. The maximum Gasteiger partial charge on any atom is 0.222 e. The lowest BCUT2D eigenvalue weighted by molar-refractivity contribution is -0.131. The molecule has 0 atom stereocenters. The Labute approximate surface area is 175 Å². The van der Waals surface area contributed by atoms with E-state index in [0.29, 0.717) is 12.8 Å². The summed E-state index contributed by atoms with van der Waals surface area (Å²) in [4.78, 5) is 16.7. The second-order valence-corrected chi connectivity index (χ2v) is 7.62. The zero-order chi connectivity index (χ0) is 20.1. The summed E-state index contributed by atoms with van der Waals surface area (Å²) in [5, 5.41) is 4.89. The molecule has 1 aromatic heterocycles. The molecule has 150 valence electrons. The zero-order valence-corrected chi connectivity index (χ0v) is 17.0. The van der Waals surface area contributed by atoms with Crippen LogP contribution in [0.4, 0.5) is 5.69 Å². The first-order valence-electron chi connectivity index (χ1n) is 9.99. The summed E-state index contributed by atoms with van der Waals surface area (Å²) in [5.41, 5.74) is 2.92. The average molecular weight is 410 g/mol. The van der Waals surface area contributed by atoms with Crippen molar-refractivity contribution in [2.45, 2.75) is 19.3 Å². The highest BCUT2D eigenvalue weighted by Crippen LogP contribution is 2.26. The lowest BCUT2D eigenvalue weighted by Gasteiger charge is -2.36. The van der Waals surface area contributed by atoms with E-state index in [4.69, 9.17) is 16.1 Å². The smallest absolute Gasteiger partial charge is 0.222 e. The van der Waals surface area contributed by atoms with Crippen molar-refractivity contribution in [3.05, 3.63) is 71.4 Å². The summed E-state index contributed by atoms with van der Waals surface area (Å²) in [6, 6.07) is 19.8. The molecule has 3 aromatic rings. The highest BCUT2D eigenvalue weighted by atomic mass is 35.5. The van der Waals surface area contributed by atoms with Gasteiger partial charge in [-0.3, -0.25) is 4.79 Å². The normalized spacial score (nSPS) is 14.2. The number of halogens is 1. The monoisotopic (exact) mass is 409 g/mol. The van der Waals surface area contributed by atoms with Crippen LogP contribution in [0.1, 0.15) is 18.6 Å². The van der Waals surface area contributed by atoms with E-state index in [9.17, 15) is 4.79 Å². The number of para-hydroxylation sites is 1. The fourth-order valence-electron chi connectivity index (χ4n) is 3.65. The van der Waals surface area contributed by atoms with E-state index in [1.807, 2.05) is 65.6 Å². The summed E-state index contributed by atoms with van der Waals surface area (Å²) in [6.45, 7) is 3.06. The Morgan fingerprint density at radius 3 is 2.48 bits per heavy atom. The Kier molecular flexibility index (Phi) is 6.15. The van der Waals surface area contributed by atoms with Gasteiger partial charge in [-0.05, 0) is 18.6 Å². The lowest BCUT2D eigenvalue weighted by atomic mass is 10.1. The number of carbonyl (C=O) groups excluding carboxylic acids is 1. The predicted molar refractivity (Wildman–Crippen MR) is 115 cm³/mol. The molecule has 1 aliphatic rings. The molecule has 4 rings (SSSR count). The van der Waals surface area contributed by atoms with Gasteiger partial charge < -0.3 is 14.3 Å². The molecular weight excluding hydrogens is 386 g/mol. The van der Waals surface area contributed by atoms with Crippen molar-refractivity contribution < 1.29 is 9.32 Å². The van der Waals surface area contributed by atoms with Gasteiger partial charge in [0.15, 0.2) is 0 Å². The molecule has 1 amide bonds. The summed E-state index contributed by atoms with van der Waals surface area (Å²) < 4.78 is 5.43. The Morgan fingerprint density at radius 2 is 1.72 bits per heavy atom. The van der Waals surface area contributed by atoms with E-state index in [1.54, 1.807) is 0 Å². The third kappa shape index (κ3) is 4.80. The standard InChI is InChI=1S/C23H24ClN3O2/c24-20-10-4-5-11-22(20)26-13-15-27(16-14-26)23(28)12-6-9-19-17-21(25-29-19)18-7-2-1-3-8-18/h1-5,7-8,10-11,17H,6,9,12-16H2. The van der Waals surface area contributed by atoms with Crippen molar-refractivity contribution in [1.82, 2.24) is 10.1 Å². The summed E-state index contributed by atoms with van der Waals surface area (Å²) in [6.07, 6.45) is 1.99. The van der Waals surface area contributed by atoms with Crippen LogP contribution in [-0.4, -0.2) is 42.1 Å². The second kappa shape index (κ2) is 9.14. The van der Waals surface area contributed by atoms with Gasteiger partial charge in [-0.15, -0.1) is 0 Å². The van der Waals surface area contributed by atoms with Crippen LogP contribution in [0.3, 0.4) is 0 Å². The minimum absolute atomic E-state index is 0.201.